The summed E-state index contributed by atoms with van der Waals surface area (Å²) in [5.41, 5.74) is 1.73. The van der Waals surface area contributed by atoms with Crippen LogP contribution in [0.3, 0.4) is 0 Å². The Kier molecular flexibility index (Phi) is 6.17. The average molecular weight is 373 g/mol. The molecular formula is C21H25ClN2O2. The maximum Gasteiger partial charge on any atom is 0.254 e. The summed E-state index contributed by atoms with van der Waals surface area (Å²) in [6.45, 7) is 2.32. The molecule has 2 aromatic carbocycles. The molecule has 0 aliphatic carbocycles. The highest BCUT2D eigenvalue weighted by atomic mass is 35.5. The van der Waals surface area contributed by atoms with Crippen LogP contribution in [-0.4, -0.2) is 36.0 Å². The molecule has 1 amide bonds. The topological polar surface area (TPSA) is 41.6 Å². The van der Waals surface area contributed by atoms with E-state index in [0.29, 0.717) is 18.7 Å². The Hall–Kier alpha value is -2.04. The van der Waals surface area contributed by atoms with Crippen LogP contribution in [0, 0.1) is 0 Å². The van der Waals surface area contributed by atoms with Gasteiger partial charge in [0.05, 0.1) is 0 Å². The van der Waals surface area contributed by atoms with Gasteiger partial charge in [0.25, 0.3) is 5.91 Å². The average Bonchev–Trinajstić information content (AvgIpc) is 2.93. The Labute approximate surface area is 160 Å². The number of benzene rings is 2. The minimum Gasteiger partial charge on any atom is -0.489 e. The molecule has 0 saturated carbocycles. The van der Waals surface area contributed by atoms with Gasteiger partial charge in [-0.3, -0.25) is 4.79 Å². The van der Waals surface area contributed by atoms with Crippen LogP contribution >= 0.6 is 12.4 Å². The third kappa shape index (κ3) is 3.87. The molecule has 2 unspecified atom stereocenters. The number of fused-ring (bicyclic) bond motifs is 2. The second-order valence-corrected chi connectivity index (χ2v) is 6.85. The summed E-state index contributed by atoms with van der Waals surface area (Å²) in [6, 6.07) is 18.3. The van der Waals surface area contributed by atoms with E-state index >= 15 is 0 Å². The summed E-state index contributed by atoms with van der Waals surface area (Å²) in [5, 5.41) is 3.46. The highest BCUT2D eigenvalue weighted by Gasteiger charge is 2.38. The maximum absolute atomic E-state index is 13.3. The van der Waals surface area contributed by atoms with Gasteiger partial charge in [-0.1, -0.05) is 36.4 Å². The van der Waals surface area contributed by atoms with Gasteiger partial charge in [-0.2, -0.15) is 0 Å². The summed E-state index contributed by atoms with van der Waals surface area (Å²) in [7, 11) is 0. The van der Waals surface area contributed by atoms with E-state index in [9.17, 15) is 4.79 Å². The van der Waals surface area contributed by atoms with Crippen LogP contribution in [0.4, 0.5) is 0 Å². The van der Waals surface area contributed by atoms with Crippen molar-refractivity contribution in [2.24, 2.45) is 0 Å². The smallest absolute Gasteiger partial charge is 0.254 e. The molecule has 138 valence electrons. The van der Waals surface area contributed by atoms with Crippen LogP contribution in [0.1, 0.15) is 35.2 Å². The minimum atomic E-state index is 0. The Morgan fingerprint density at radius 1 is 1.00 bits per heavy atom. The summed E-state index contributed by atoms with van der Waals surface area (Å²) in [4.78, 5) is 15.4. The molecular weight excluding hydrogens is 348 g/mol. The number of halogens is 1. The van der Waals surface area contributed by atoms with E-state index in [4.69, 9.17) is 4.74 Å². The number of amides is 1. The zero-order valence-corrected chi connectivity index (χ0v) is 15.6. The number of hydrogen-bond acceptors (Lipinski definition) is 3. The van der Waals surface area contributed by atoms with Crippen molar-refractivity contribution < 1.29 is 9.53 Å². The Bertz CT molecular complexity index is 724. The lowest BCUT2D eigenvalue weighted by atomic mass is 10.1. The van der Waals surface area contributed by atoms with E-state index in [1.165, 1.54) is 0 Å². The van der Waals surface area contributed by atoms with Crippen LogP contribution in [0.25, 0.3) is 0 Å². The fourth-order valence-electron chi connectivity index (χ4n) is 3.99. The number of carbonyl (C=O) groups excluding carboxylic acids is 1. The van der Waals surface area contributed by atoms with Crippen molar-refractivity contribution in [2.45, 2.75) is 38.0 Å². The van der Waals surface area contributed by atoms with Crippen LogP contribution in [-0.2, 0) is 6.61 Å². The highest BCUT2D eigenvalue weighted by Crippen LogP contribution is 2.30. The molecule has 2 aliphatic rings. The number of nitrogens with zero attached hydrogens (tertiary/aromatic N) is 1. The van der Waals surface area contributed by atoms with Crippen molar-refractivity contribution in [1.29, 1.82) is 0 Å². The Balaban J connectivity index is 0.00000196. The van der Waals surface area contributed by atoms with Gasteiger partial charge >= 0.3 is 0 Å². The lowest BCUT2D eigenvalue weighted by molar-refractivity contribution is 0.0677. The molecule has 2 aliphatic heterocycles. The van der Waals surface area contributed by atoms with Gasteiger partial charge in [0.2, 0.25) is 0 Å². The third-order valence-electron chi connectivity index (χ3n) is 5.27. The molecule has 5 heteroatoms. The molecule has 2 aromatic rings. The Morgan fingerprint density at radius 2 is 1.73 bits per heavy atom. The van der Waals surface area contributed by atoms with Crippen LogP contribution < -0.4 is 10.1 Å². The molecule has 26 heavy (non-hydrogen) atoms. The van der Waals surface area contributed by atoms with E-state index in [1.807, 2.05) is 54.6 Å². The van der Waals surface area contributed by atoms with Gasteiger partial charge in [0.1, 0.15) is 12.4 Å². The molecule has 0 aromatic heterocycles. The summed E-state index contributed by atoms with van der Waals surface area (Å²) in [5.74, 6) is 0.979. The first-order chi connectivity index (χ1) is 12.3. The largest absolute Gasteiger partial charge is 0.489 e. The molecule has 0 spiro atoms. The number of ether oxygens (including phenoxy) is 1. The second-order valence-electron chi connectivity index (χ2n) is 6.85. The number of para-hydroxylation sites is 1. The Morgan fingerprint density at radius 3 is 2.58 bits per heavy atom. The summed E-state index contributed by atoms with van der Waals surface area (Å²) < 4.78 is 5.88. The van der Waals surface area contributed by atoms with Gasteiger partial charge in [0.15, 0.2) is 0 Å². The first-order valence-corrected chi connectivity index (χ1v) is 9.12. The molecule has 2 saturated heterocycles. The van der Waals surface area contributed by atoms with Gasteiger partial charge in [-0.15, -0.1) is 12.4 Å². The molecule has 2 bridgehead atoms. The number of rotatable bonds is 4. The van der Waals surface area contributed by atoms with E-state index in [0.717, 1.165) is 49.2 Å². The molecule has 4 nitrogen and oxygen atoms in total. The monoisotopic (exact) mass is 372 g/mol. The quantitative estimate of drug-likeness (QED) is 0.890. The third-order valence-corrected chi connectivity index (χ3v) is 5.27. The van der Waals surface area contributed by atoms with Gasteiger partial charge in [0, 0.05) is 29.8 Å². The van der Waals surface area contributed by atoms with Gasteiger partial charge in [-0.05, 0) is 44.0 Å². The normalized spacial score (nSPS) is 21.6. The van der Waals surface area contributed by atoms with E-state index < -0.39 is 0 Å². The maximum atomic E-state index is 13.3. The predicted molar refractivity (Wildman–Crippen MR) is 105 cm³/mol. The lowest BCUT2D eigenvalue weighted by Crippen LogP contribution is -2.42. The molecule has 1 N–H and O–H groups in total. The fraction of sp³-hybridized carbons (Fsp3) is 0.381. The fourth-order valence-corrected chi connectivity index (χ4v) is 3.99. The van der Waals surface area contributed by atoms with Gasteiger partial charge in [-0.25, -0.2) is 0 Å². The number of nitrogens with one attached hydrogen (secondary N) is 1. The van der Waals surface area contributed by atoms with Gasteiger partial charge < -0.3 is 15.0 Å². The molecule has 2 atom stereocenters. The van der Waals surface area contributed by atoms with Crippen molar-refractivity contribution in [2.75, 3.05) is 13.1 Å². The first kappa shape index (κ1) is 18.7. The van der Waals surface area contributed by atoms with E-state index in [1.54, 1.807) is 0 Å². The minimum absolute atomic E-state index is 0. The van der Waals surface area contributed by atoms with Crippen molar-refractivity contribution in [3.05, 3.63) is 65.7 Å². The summed E-state index contributed by atoms with van der Waals surface area (Å²) in [6.07, 6.45) is 3.28. The standard InChI is InChI=1S/C21H24N2O2.ClH/c24-21(23-17-10-11-18(23)14-22-13-12-17)20-9-5-4-6-16(20)15-25-19-7-2-1-3-8-19;/h1-9,17-18,22H,10-15H2;1H. The number of carbonyl (C=O) groups is 1. The van der Waals surface area contributed by atoms with Crippen molar-refractivity contribution in [1.82, 2.24) is 10.2 Å². The van der Waals surface area contributed by atoms with Crippen molar-refractivity contribution in [3.8, 4) is 5.75 Å². The molecule has 4 rings (SSSR count). The molecule has 2 fully saturated rings. The van der Waals surface area contributed by atoms with E-state index in [2.05, 4.69) is 10.2 Å². The predicted octanol–water partition coefficient (Wildman–Crippen LogP) is 3.65. The molecule has 2 heterocycles. The lowest BCUT2D eigenvalue weighted by Gasteiger charge is -2.28. The van der Waals surface area contributed by atoms with Crippen LogP contribution in [0.5, 0.6) is 5.75 Å². The van der Waals surface area contributed by atoms with Crippen LogP contribution in [0.2, 0.25) is 0 Å². The van der Waals surface area contributed by atoms with E-state index in [-0.39, 0.29) is 18.3 Å². The highest BCUT2D eigenvalue weighted by molar-refractivity contribution is 5.96. The van der Waals surface area contributed by atoms with Crippen molar-refractivity contribution in [3.63, 3.8) is 0 Å². The second kappa shape index (κ2) is 8.56. The zero-order valence-electron chi connectivity index (χ0n) is 14.8. The zero-order chi connectivity index (χ0) is 17.1. The van der Waals surface area contributed by atoms with Crippen molar-refractivity contribution >= 4 is 18.3 Å². The summed E-state index contributed by atoms with van der Waals surface area (Å²) >= 11 is 0. The molecule has 0 radical (unpaired) electrons. The number of hydrogen-bond donors (Lipinski definition) is 1. The SMILES string of the molecule is Cl.O=C(c1ccccc1COc1ccccc1)N1C2CCNCC1CC2. The van der Waals surface area contributed by atoms with Crippen LogP contribution in [0.15, 0.2) is 54.6 Å². The first-order valence-electron chi connectivity index (χ1n) is 9.12.